The van der Waals surface area contributed by atoms with E-state index in [0.717, 1.165) is 33.3 Å². The summed E-state index contributed by atoms with van der Waals surface area (Å²) in [7, 11) is 0. The number of ether oxygens (including phenoxy) is 3. The number of carbonyl (C=O) groups is 1. The number of benzene rings is 4. The number of H-pyrrole nitrogens is 1. The number of para-hydroxylation sites is 1. The minimum Gasteiger partial charge on any atom is -0.485 e. The Labute approximate surface area is 221 Å². The molecule has 38 heavy (non-hydrogen) atoms. The first-order valence-electron chi connectivity index (χ1n) is 12.7. The van der Waals surface area contributed by atoms with Crippen molar-refractivity contribution in [3.63, 3.8) is 0 Å². The fraction of sp³-hybridized carbons (Fsp3) is 0.156. The highest BCUT2D eigenvalue weighted by molar-refractivity contribution is 5.87. The van der Waals surface area contributed by atoms with E-state index < -0.39 is 6.04 Å². The number of hydrogen-bond donors (Lipinski definition) is 2. The third kappa shape index (κ3) is 5.26. The van der Waals surface area contributed by atoms with Crippen molar-refractivity contribution in [2.75, 3.05) is 0 Å². The topological polar surface area (TPSA) is 72.6 Å². The molecule has 0 radical (unpaired) electrons. The van der Waals surface area contributed by atoms with Crippen molar-refractivity contribution in [2.45, 2.75) is 32.2 Å². The average molecular weight is 505 g/mol. The van der Waals surface area contributed by atoms with E-state index in [1.54, 1.807) is 18.2 Å². The molecule has 0 bridgehead atoms. The van der Waals surface area contributed by atoms with Crippen LogP contribution < -0.4 is 19.5 Å². The standard InChI is InChI=1S/C32H28N2O4/c35-32(28-18-26-25-13-7-8-14-27(25)34-29(26)19-33-28)38-24-15-16-30(36-20-22-9-3-1-4-10-22)31(17-24)37-21-23-11-5-2-6-12-23/h1-17,28,33-34H,18-21H2. The summed E-state index contributed by atoms with van der Waals surface area (Å²) >= 11 is 0. The van der Waals surface area contributed by atoms with Crippen LogP contribution in [-0.2, 0) is 31.0 Å². The lowest BCUT2D eigenvalue weighted by molar-refractivity contribution is -0.136. The Kier molecular flexibility index (Phi) is 6.79. The Morgan fingerprint density at radius 3 is 2.16 bits per heavy atom. The highest BCUT2D eigenvalue weighted by Gasteiger charge is 2.28. The van der Waals surface area contributed by atoms with E-state index >= 15 is 0 Å². The summed E-state index contributed by atoms with van der Waals surface area (Å²) < 4.78 is 18.0. The van der Waals surface area contributed by atoms with Crippen LogP contribution in [0.15, 0.2) is 103 Å². The van der Waals surface area contributed by atoms with Gasteiger partial charge in [0.25, 0.3) is 0 Å². The van der Waals surface area contributed by atoms with Gasteiger partial charge in [-0.05, 0) is 34.9 Å². The number of fused-ring (bicyclic) bond motifs is 3. The van der Waals surface area contributed by atoms with Gasteiger partial charge in [0, 0.05) is 35.6 Å². The number of aromatic nitrogens is 1. The number of nitrogens with one attached hydrogen (secondary N) is 2. The molecule has 190 valence electrons. The quantitative estimate of drug-likeness (QED) is 0.202. The second kappa shape index (κ2) is 10.8. The number of hydrogen-bond acceptors (Lipinski definition) is 5. The van der Waals surface area contributed by atoms with Gasteiger partial charge in [-0.2, -0.15) is 0 Å². The largest absolute Gasteiger partial charge is 0.485 e. The van der Waals surface area contributed by atoms with Crippen molar-refractivity contribution in [1.29, 1.82) is 0 Å². The van der Waals surface area contributed by atoms with E-state index in [2.05, 4.69) is 22.4 Å². The van der Waals surface area contributed by atoms with Gasteiger partial charge in [-0.15, -0.1) is 0 Å². The van der Waals surface area contributed by atoms with Crippen molar-refractivity contribution in [1.82, 2.24) is 10.3 Å². The molecule has 0 aliphatic carbocycles. The van der Waals surface area contributed by atoms with Gasteiger partial charge < -0.3 is 19.2 Å². The monoisotopic (exact) mass is 504 g/mol. The molecule has 0 saturated carbocycles. The number of carbonyl (C=O) groups excluding carboxylic acids is 1. The Morgan fingerprint density at radius 2 is 1.42 bits per heavy atom. The average Bonchev–Trinajstić information content (AvgIpc) is 3.34. The Morgan fingerprint density at radius 1 is 0.763 bits per heavy atom. The number of rotatable bonds is 8. The predicted molar refractivity (Wildman–Crippen MR) is 146 cm³/mol. The van der Waals surface area contributed by atoms with Crippen LogP contribution in [0.3, 0.4) is 0 Å². The van der Waals surface area contributed by atoms with Gasteiger partial charge in [-0.1, -0.05) is 78.9 Å². The summed E-state index contributed by atoms with van der Waals surface area (Å²) in [6.45, 7) is 1.36. The normalized spacial score (nSPS) is 14.6. The second-order valence-corrected chi connectivity index (χ2v) is 9.34. The number of aromatic amines is 1. The summed E-state index contributed by atoms with van der Waals surface area (Å²) in [5, 5.41) is 4.46. The molecule has 5 aromatic rings. The fourth-order valence-electron chi connectivity index (χ4n) is 4.75. The molecular weight excluding hydrogens is 476 g/mol. The molecule has 1 aliphatic rings. The first-order valence-corrected chi connectivity index (χ1v) is 12.7. The van der Waals surface area contributed by atoms with Crippen LogP contribution >= 0.6 is 0 Å². The van der Waals surface area contributed by atoms with Gasteiger partial charge >= 0.3 is 5.97 Å². The van der Waals surface area contributed by atoms with E-state index in [0.29, 0.717) is 43.4 Å². The summed E-state index contributed by atoms with van der Waals surface area (Å²) in [6.07, 6.45) is 0.563. The van der Waals surface area contributed by atoms with Gasteiger partial charge in [0.05, 0.1) is 0 Å². The molecule has 1 unspecified atom stereocenters. The van der Waals surface area contributed by atoms with Crippen LogP contribution in [0, 0.1) is 0 Å². The summed E-state index contributed by atoms with van der Waals surface area (Å²) in [5.41, 5.74) is 5.45. The van der Waals surface area contributed by atoms with E-state index in [-0.39, 0.29) is 5.97 Å². The predicted octanol–water partition coefficient (Wildman–Crippen LogP) is 5.95. The van der Waals surface area contributed by atoms with Gasteiger partial charge in [0.2, 0.25) is 0 Å². The summed E-state index contributed by atoms with van der Waals surface area (Å²) in [4.78, 5) is 16.6. The maximum atomic E-state index is 13.2. The van der Waals surface area contributed by atoms with Crippen molar-refractivity contribution in [3.8, 4) is 17.2 Å². The second-order valence-electron chi connectivity index (χ2n) is 9.34. The molecule has 0 spiro atoms. The van der Waals surface area contributed by atoms with Crippen molar-refractivity contribution in [2.24, 2.45) is 0 Å². The minimum atomic E-state index is -0.440. The summed E-state index contributed by atoms with van der Waals surface area (Å²) in [6, 6.07) is 32.9. The molecule has 2 heterocycles. The van der Waals surface area contributed by atoms with Gasteiger partial charge in [-0.25, -0.2) is 4.79 Å². The molecular formula is C32H28N2O4. The summed E-state index contributed by atoms with van der Waals surface area (Å²) in [5.74, 6) is 1.19. The molecule has 6 rings (SSSR count). The van der Waals surface area contributed by atoms with Crippen molar-refractivity contribution < 1.29 is 19.0 Å². The molecule has 4 aromatic carbocycles. The maximum Gasteiger partial charge on any atom is 0.328 e. The molecule has 1 atom stereocenters. The van der Waals surface area contributed by atoms with Crippen molar-refractivity contribution >= 4 is 16.9 Å². The third-order valence-electron chi connectivity index (χ3n) is 6.73. The van der Waals surface area contributed by atoms with Crippen LogP contribution in [-0.4, -0.2) is 17.0 Å². The Hall–Kier alpha value is -4.55. The fourth-order valence-corrected chi connectivity index (χ4v) is 4.75. The first-order chi connectivity index (χ1) is 18.7. The molecule has 6 nitrogen and oxygen atoms in total. The number of esters is 1. The zero-order valence-corrected chi connectivity index (χ0v) is 20.9. The maximum absolute atomic E-state index is 13.2. The van der Waals surface area contributed by atoms with Crippen LogP contribution in [0.25, 0.3) is 10.9 Å². The van der Waals surface area contributed by atoms with Crippen LogP contribution in [0.5, 0.6) is 17.2 Å². The molecule has 6 heteroatoms. The van der Waals surface area contributed by atoms with Gasteiger partial charge in [-0.3, -0.25) is 5.32 Å². The van der Waals surface area contributed by atoms with E-state index in [1.165, 1.54) is 0 Å². The minimum absolute atomic E-state index is 0.326. The SMILES string of the molecule is O=C(Oc1ccc(OCc2ccccc2)c(OCc2ccccc2)c1)C1Cc2c([nH]c3ccccc23)CN1. The highest BCUT2D eigenvalue weighted by atomic mass is 16.5. The van der Waals surface area contributed by atoms with E-state index in [1.807, 2.05) is 72.8 Å². The zero-order chi connectivity index (χ0) is 25.7. The zero-order valence-electron chi connectivity index (χ0n) is 20.9. The molecule has 1 aliphatic heterocycles. The van der Waals surface area contributed by atoms with Gasteiger partial charge in [0.1, 0.15) is 25.0 Å². The smallest absolute Gasteiger partial charge is 0.328 e. The lowest BCUT2D eigenvalue weighted by atomic mass is 9.98. The van der Waals surface area contributed by atoms with Crippen LogP contribution in [0.4, 0.5) is 0 Å². The van der Waals surface area contributed by atoms with E-state index in [9.17, 15) is 4.79 Å². The van der Waals surface area contributed by atoms with E-state index in [4.69, 9.17) is 14.2 Å². The highest BCUT2D eigenvalue weighted by Crippen LogP contribution is 2.34. The lowest BCUT2D eigenvalue weighted by Gasteiger charge is -2.23. The third-order valence-corrected chi connectivity index (χ3v) is 6.73. The van der Waals surface area contributed by atoms with Gasteiger partial charge in [0.15, 0.2) is 11.5 Å². The van der Waals surface area contributed by atoms with Crippen LogP contribution in [0.1, 0.15) is 22.4 Å². The molecule has 0 amide bonds. The molecule has 0 saturated heterocycles. The van der Waals surface area contributed by atoms with Crippen LogP contribution in [0.2, 0.25) is 0 Å². The first kappa shape index (κ1) is 23.8. The lowest BCUT2D eigenvalue weighted by Crippen LogP contribution is -2.43. The van der Waals surface area contributed by atoms with Crippen molar-refractivity contribution in [3.05, 3.63) is 126 Å². The Bertz CT molecular complexity index is 1550. The molecule has 1 aromatic heterocycles. The Balaban J connectivity index is 1.18. The molecule has 0 fully saturated rings. The molecule has 2 N–H and O–H groups in total.